The quantitative estimate of drug-likeness (QED) is 0.908. The van der Waals surface area contributed by atoms with Crippen molar-refractivity contribution in [1.29, 1.82) is 0 Å². The van der Waals surface area contributed by atoms with Crippen molar-refractivity contribution < 1.29 is 8.42 Å². The molecule has 2 N–H and O–H groups in total. The van der Waals surface area contributed by atoms with Crippen molar-refractivity contribution in [3.05, 3.63) is 35.2 Å². The van der Waals surface area contributed by atoms with E-state index in [9.17, 15) is 8.42 Å². The first-order valence-electron chi connectivity index (χ1n) is 5.46. The lowest BCUT2D eigenvalue weighted by Gasteiger charge is -2.11. The van der Waals surface area contributed by atoms with E-state index in [0.717, 1.165) is 15.0 Å². The zero-order chi connectivity index (χ0) is 12.3. The van der Waals surface area contributed by atoms with Gasteiger partial charge < -0.3 is 0 Å². The molecule has 1 heterocycles. The predicted molar refractivity (Wildman–Crippen MR) is 70.4 cm³/mol. The van der Waals surface area contributed by atoms with Crippen molar-refractivity contribution in [2.75, 3.05) is 0 Å². The van der Waals surface area contributed by atoms with Crippen LogP contribution in [0.5, 0.6) is 0 Å². The van der Waals surface area contributed by atoms with E-state index in [4.69, 9.17) is 5.14 Å². The monoisotopic (exact) mass is 267 g/mol. The van der Waals surface area contributed by atoms with Gasteiger partial charge in [-0.2, -0.15) is 0 Å². The van der Waals surface area contributed by atoms with Crippen molar-refractivity contribution in [3.8, 4) is 0 Å². The maximum atomic E-state index is 11.8. The van der Waals surface area contributed by atoms with Crippen LogP contribution in [0.2, 0.25) is 0 Å². The minimum absolute atomic E-state index is 0.116. The highest BCUT2D eigenvalue weighted by atomic mass is 32.2. The van der Waals surface area contributed by atoms with Gasteiger partial charge in [0, 0.05) is 9.58 Å². The molecule has 1 fully saturated rings. The van der Waals surface area contributed by atoms with E-state index >= 15 is 0 Å². The van der Waals surface area contributed by atoms with Gasteiger partial charge in [0.2, 0.25) is 10.0 Å². The van der Waals surface area contributed by atoms with E-state index in [-0.39, 0.29) is 5.92 Å². The molecule has 2 unspecified atom stereocenters. The average molecular weight is 267 g/mol. The third kappa shape index (κ3) is 1.46. The number of sulfonamides is 1. The summed E-state index contributed by atoms with van der Waals surface area (Å²) in [7, 11) is -3.53. The SMILES string of the molecule is CC1CC1(c1cc2ccccc2s1)S(N)(=O)=O. The highest BCUT2D eigenvalue weighted by Crippen LogP contribution is 2.59. The maximum Gasteiger partial charge on any atom is 0.220 e. The average Bonchev–Trinajstić information content (AvgIpc) is 2.78. The van der Waals surface area contributed by atoms with E-state index < -0.39 is 14.8 Å². The number of hydrogen-bond acceptors (Lipinski definition) is 3. The van der Waals surface area contributed by atoms with Crippen LogP contribution in [0, 0.1) is 5.92 Å². The second-order valence-corrected chi connectivity index (χ2v) is 7.59. The van der Waals surface area contributed by atoms with Crippen LogP contribution in [-0.2, 0) is 14.8 Å². The Labute approximate surface area is 104 Å². The topological polar surface area (TPSA) is 60.2 Å². The summed E-state index contributed by atoms with van der Waals surface area (Å²) in [6.45, 7) is 1.94. The molecule has 0 bridgehead atoms. The largest absolute Gasteiger partial charge is 0.228 e. The maximum absolute atomic E-state index is 11.8. The summed E-state index contributed by atoms with van der Waals surface area (Å²) in [6.07, 6.45) is 0.638. The fourth-order valence-electron chi connectivity index (χ4n) is 2.47. The van der Waals surface area contributed by atoms with Crippen LogP contribution in [-0.4, -0.2) is 8.42 Å². The third-order valence-electron chi connectivity index (χ3n) is 3.60. The minimum Gasteiger partial charge on any atom is -0.228 e. The lowest BCUT2D eigenvalue weighted by atomic mass is 10.2. The van der Waals surface area contributed by atoms with Gasteiger partial charge in [0.1, 0.15) is 4.75 Å². The fraction of sp³-hybridized carbons (Fsp3) is 0.333. The number of hydrogen-bond donors (Lipinski definition) is 1. The molecule has 3 nitrogen and oxygen atoms in total. The fourth-order valence-corrected chi connectivity index (χ4v) is 5.59. The van der Waals surface area contributed by atoms with Gasteiger partial charge in [-0.05, 0) is 29.9 Å². The van der Waals surface area contributed by atoms with Gasteiger partial charge in [-0.25, -0.2) is 13.6 Å². The molecule has 90 valence electrons. The standard InChI is InChI=1S/C12H13NO2S2/c1-8-7-12(8,17(13,14)15)11-6-9-4-2-3-5-10(9)16-11/h2-6,8H,7H2,1H3,(H2,13,14,15). The zero-order valence-corrected chi connectivity index (χ0v) is 11.0. The van der Waals surface area contributed by atoms with Crippen LogP contribution >= 0.6 is 11.3 Å². The van der Waals surface area contributed by atoms with Crippen molar-refractivity contribution in [2.45, 2.75) is 18.1 Å². The molecule has 0 radical (unpaired) electrons. The molecule has 2 atom stereocenters. The Morgan fingerprint density at radius 2 is 2.06 bits per heavy atom. The highest BCUT2D eigenvalue weighted by molar-refractivity contribution is 7.90. The van der Waals surface area contributed by atoms with Crippen molar-refractivity contribution in [2.24, 2.45) is 11.1 Å². The molecule has 0 spiro atoms. The Morgan fingerprint density at radius 3 is 2.59 bits per heavy atom. The van der Waals surface area contributed by atoms with Crippen molar-refractivity contribution in [3.63, 3.8) is 0 Å². The first-order valence-corrected chi connectivity index (χ1v) is 7.83. The van der Waals surface area contributed by atoms with Gasteiger partial charge in [-0.1, -0.05) is 25.1 Å². The molecule has 0 amide bonds. The van der Waals surface area contributed by atoms with Gasteiger partial charge in [0.25, 0.3) is 0 Å². The van der Waals surface area contributed by atoms with Crippen LogP contribution in [0.3, 0.4) is 0 Å². The molecular weight excluding hydrogens is 254 g/mol. The minimum atomic E-state index is -3.53. The molecule has 5 heteroatoms. The van der Waals surface area contributed by atoms with E-state index in [1.807, 2.05) is 37.3 Å². The van der Waals surface area contributed by atoms with Crippen molar-refractivity contribution in [1.82, 2.24) is 0 Å². The van der Waals surface area contributed by atoms with Crippen LogP contribution in [0.15, 0.2) is 30.3 Å². The van der Waals surface area contributed by atoms with Gasteiger partial charge in [-0.3, -0.25) is 0 Å². The molecule has 0 aliphatic heterocycles. The molecule has 0 saturated heterocycles. The van der Waals surface area contributed by atoms with Gasteiger partial charge in [0.15, 0.2) is 0 Å². The molecule has 1 aliphatic carbocycles. The van der Waals surface area contributed by atoms with E-state index in [2.05, 4.69) is 0 Å². The predicted octanol–water partition coefficient (Wildman–Crippen LogP) is 2.42. The lowest BCUT2D eigenvalue weighted by molar-refractivity contribution is 0.577. The number of fused-ring (bicyclic) bond motifs is 1. The van der Waals surface area contributed by atoms with Gasteiger partial charge in [-0.15, -0.1) is 11.3 Å². The Kier molecular flexibility index (Phi) is 2.18. The summed E-state index contributed by atoms with van der Waals surface area (Å²) >= 11 is 1.54. The first kappa shape index (κ1) is 11.2. The first-order chi connectivity index (χ1) is 7.95. The van der Waals surface area contributed by atoms with Gasteiger partial charge >= 0.3 is 0 Å². The molecule has 1 aromatic heterocycles. The molecule has 2 aromatic rings. The summed E-state index contributed by atoms with van der Waals surface area (Å²) in [5, 5.41) is 6.49. The summed E-state index contributed by atoms with van der Waals surface area (Å²) in [4.78, 5) is 0.883. The number of thiophene rings is 1. The number of rotatable bonds is 2. The zero-order valence-electron chi connectivity index (χ0n) is 9.38. The highest BCUT2D eigenvalue weighted by Gasteiger charge is 2.62. The van der Waals surface area contributed by atoms with E-state index in [0.29, 0.717) is 6.42 Å². The normalized spacial score (nSPS) is 28.5. The molecule has 3 rings (SSSR count). The van der Waals surface area contributed by atoms with Crippen LogP contribution < -0.4 is 5.14 Å². The summed E-state index contributed by atoms with van der Waals surface area (Å²) in [6, 6.07) is 9.89. The smallest absolute Gasteiger partial charge is 0.220 e. The van der Waals surface area contributed by atoms with Crippen LogP contribution in [0.4, 0.5) is 0 Å². The number of benzene rings is 1. The van der Waals surface area contributed by atoms with Crippen LogP contribution in [0.1, 0.15) is 18.2 Å². The lowest BCUT2D eigenvalue weighted by Crippen LogP contribution is -2.29. The number of primary sulfonamides is 1. The number of nitrogens with two attached hydrogens (primary N) is 1. The van der Waals surface area contributed by atoms with Crippen molar-refractivity contribution >= 4 is 31.4 Å². The molecule has 1 saturated carbocycles. The second-order valence-electron chi connectivity index (χ2n) is 4.69. The van der Waals surface area contributed by atoms with E-state index in [1.54, 1.807) is 0 Å². The summed E-state index contributed by atoms with van der Waals surface area (Å²) in [5.41, 5.74) is 0. The molecule has 17 heavy (non-hydrogen) atoms. The molecular formula is C12H13NO2S2. The third-order valence-corrected chi connectivity index (χ3v) is 6.82. The molecule has 1 aliphatic rings. The Balaban J connectivity index is 2.22. The van der Waals surface area contributed by atoms with Gasteiger partial charge in [0.05, 0.1) is 0 Å². The Hall–Kier alpha value is -0.910. The Bertz CT molecular complexity index is 656. The summed E-state index contributed by atoms with van der Waals surface area (Å²) < 4.78 is 23.9. The summed E-state index contributed by atoms with van der Waals surface area (Å²) in [5.74, 6) is 0.116. The van der Waals surface area contributed by atoms with Crippen LogP contribution in [0.25, 0.3) is 10.1 Å². The van der Waals surface area contributed by atoms with E-state index in [1.165, 1.54) is 11.3 Å². The second kappa shape index (κ2) is 3.31. The Morgan fingerprint density at radius 1 is 1.41 bits per heavy atom. The molecule has 1 aromatic carbocycles.